The highest BCUT2D eigenvalue weighted by molar-refractivity contribution is 6.30. The van der Waals surface area contributed by atoms with Gasteiger partial charge in [-0.25, -0.2) is 13.2 Å². The first kappa shape index (κ1) is 16.3. The molecule has 22 heavy (non-hydrogen) atoms. The molecule has 0 radical (unpaired) electrons. The maximum absolute atomic E-state index is 13.2. The summed E-state index contributed by atoms with van der Waals surface area (Å²) in [5, 5.41) is 12.1. The van der Waals surface area contributed by atoms with Crippen molar-refractivity contribution in [1.82, 2.24) is 5.32 Å². The molecular formula is C15H11ClF3NO2. The highest BCUT2D eigenvalue weighted by atomic mass is 35.5. The molecule has 3 nitrogen and oxygen atoms in total. The first-order valence-corrected chi connectivity index (χ1v) is 6.62. The monoisotopic (exact) mass is 329 g/mol. The standard InChI is InChI=1S/C15H11ClF3NO2/c16-10-3-1-8(2-4-10)15(22)20-13(7-21)9-5-11(17)14(19)12(18)6-9/h1-6,13,21H,7H2,(H,20,22). The Balaban J connectivity index is 2.22. The van der Waals surface area contributed by atoms with E-state index in [9.17, 15) is 23.1 Å². The van der Waals surface area contributed by atoms with Crippen LogP contribution in [0.5, 0.6) is 0 Å². The molecule has 0 saturated carbocycles. The molecule has 2 aromatic rings. The van der Waals surface area contributed by atoms with E-state index in [0.717, 1.165) is 12.1 Å². The van der Waals surface area contributed by atoms with Gasteiger partial charge in [-0.1, -0.05) is 11.6 Å². The van der Waals surface area contributed by atoms with Crippen LogP contribution >= 0.6 is 11.6 Å². The van der Waals surface area contributed by atoms with Crippen LogP contribution < -0.4 is 5.32 Å². The van der Waals surface area contributed by atoms with E-state index in [-0.39, 0.29) is 11.1 Å². The predicted molar refractivity (Wildman–Crippen MR) is 75.1 cm³/mol. The number of benzene rings is 2. The van der Waals surface area contributed by atoms with Gasteiger partial charge in [-0.2, -0.15) is 0 Å². The maximum atomic E-state index is 13.2. The number of nitrogens with one attached hydrogen (secondary N) is 1. The fourth-order valence-corrected chi connectivity index (χ4v) is 1.98. The first-order valence-electron chi connectivity index (χ1n) is 6.24. The van der Waals surface area contributed by atoms with Gasteiger partial charge in [0.05, 0.1) is 12.6 Å². The van der Waals surface area contributed by atoms with Gasteiger partial charge in [0.1, 0.15) is 0 Å². The van der Waals surface area contributed by atoms with Gasteiger partial charge in [0.25, 0.3) is 5.91 Å². The Labute approximate surface area is 129 Å². The molecule has 0 aromatic heterocycles. The van der Waals surface area contributed by atoms with Crippen LogP contribution in [0, 0.1) is 17.5 Å². The lowest BCUT2D eigenvalue weighted by Crippen LogP contribution is -2.31. The average Bonchev–Trinajstić information content (AvgIpc) is 2.50. The van der Waals surface area contributed by atoms with Crippen molar-refractivity contribution in [3.05, 3.63) is 70.0 Å². The summed E-state index contributed by atoms with van der Waals surface area (Å²) >= 11 is 5.70. The largest absolute Gasteiger partial charge is 0.394 e. The van der Waals surface area contributed by atoms with Crippen LogP contribution in [-0.2, 0) is 0 Å². The van der Waals surface area contributed by atoms with Gasteiger partial charge < -0.3 is 10.4 Å². The topological polar surface area (TPSA) is 49.3 Å². The lowest BCUT2D eigenvalue weighted by molar-refractivity contribution is 0.0916. The Morgan fingerprint density at radius 3 is 2.18 bits per heavy atom. The fourth-order valence-electron chi connectivity index (χ4n) is 1.85. The SMILES string of the molecule is O=C(NC(CO)c1cc(F)c(F)c(F)c1)c1ccc(Cl)cc1. The van der Waals surface area contributed by atoms with Crippen LogP contribution in [-0.4, -0.2) is 17.6 Å². The van der Waals surface area contributed by atoms with Crippen LogP contribution in [0.1, 0.15) is 22.0 Å². The number of rotatable bonds is 4. The molecule has 1 unspecified atom stereocenters. The van der Waals surface area contributed by atoms with E-state index in [0.29, 0.717) is 5.02 Å². The van der Waals surface area contributed by atoms with Crippen LogP contribution in [0.15, 0.2) is 36.4 Å². The Morgan fingerprint density at radius 1 is 1.14 bits per heavy atom. The molecule has 7 heteroatoms. The van der Waals surface area contributed by atoms with E-state index in [4.69, 9.17) is 11.6 Å². The minimum Gasteiger partial charge on any atom is -0.394 e. The van der Waals surface area contributed by atoms with E-state index >= 15 is 0 Å². The van der Waals surface area contributed by atoms with E-state index in [1.165, 1.54) is 24.3 Å². The summed E-state index contributed by atoms with van der Waals surface area (Å²) in [4.78, 5) is 12.0. The lowest BCUT2D eigenvalue weighted by atomic mass is 10.1. The van der Waals surface area contributed by atoms with Crippen molar-refractivity contribution >= 4 is 17.5 Å². The molecule has 0 saturated heterocycles. The van der Waals surface area contributed by atoms with Gasteiger partial charge >= 0.3 is 0 Å². The maximum Gasteiger partial charge on any atom is 0.251 e. The van der Waals surface area contributed by atoms with Crippen molar-refractivity contribution in [1.29, 1.82) is 0 Å². The number of aliphatic hydroxyl groups excluding tert-OH is 1. The minimum absolute atomic E-state index is 0.0822. The Hall–Kier alpha value is -2.05. The molecule has 116 valence electrons. The van der Waals surface area contributed by atoms with Crippen molar-refractivity contribution in [3.63, 3.8) is 0 Å². The number of carbonyl (C=O) groups is 1. The molecule has 0 bridgehead atoms. The van der Waals surface area contributed by atoms with Crippen LogP contribution in [0.3, 0.4) is 0 Å². The summed E-state index contributed by atoms with van der Waals surface area (Å²) in [5.41, 5.74) is 0.173. The number of aliphatic hydroxyl groups is 1. The van der Waals surface area contributed by atoms with E-state index in [1.807, 2.05) is 0 Å². The van der Waals surface area contributed by atoms with Gasteiger partial charge in [-0.05, 0) is 42.0 Å². The smallest absolute Gasteiger partial charge is 0.251 e. The molecule has 0 aliphatic carbocycles. The third-order valence-electron chi connectivity index (χ3n) is 3.00. The third-order valence-corrected chi connectivity index (χ3v) is 3.25. The molecule has 2 N–H and O–H groups in total. The quantitative estimate of drug-likeness (QED) is 0.846. The normalized spacial score (nSPS) is 12.0. The van der Waals surface area contributed by atoms with E-state index in [2.05, 4.69) is 5.32 Å². The van der Waals surface area contributed by atoms with Gasteiger partial charge in [0, 0.05) is 10.6 Å². The molecule has 0 spiro atoms. The number of hydrogen-bond acceptors (Lipinski definition) is 2. The molecule has 0 fully saturated rings. The highest BCUT2D eigenvalue weighted by Gasteiger charge is 2.19. The Kier molecular flexibility index (Phi) is 5.05. The second-order valence-electron chi connectivity index (χ2n) is 4.51. The lowest BCUT2D eigenvalue weighted by Gasteiger charge is -2.17. The molecule has 2 aromatic carbocycles. The van der Waals surface area contributed by atoms with Crippen molar-refractivity contribution in [2.45, 2.75) is 6.04 Å². The molecule has 0 aliphatic heterocycles. The summed E-state index contributed by atoms with van der Waals surface area (Å²) in [6.45, 7) is -0.607. The zero-order chi connectivity index (χ0) is 16.3. The third kappa shape index (κ3) is 3.58. The number of hydrogen-bond donors (Lipinski definition) is 2. The van der Waals surface area contributed by atoms with Gasteiger partial charge in [0.15, 0.2) is 17.5 Å². The summed E-state index contributed by atoms with van der Waals surface area (Å²) in [6.07, 6.45) is 0. The molecule has 1 atom stereocenters. The molecule has 0 heterocycles. The summed E-state index contributed by atoms with van der Waals surface area (Å²) in [7, 11) is 0. The zero-order valence-electron chi connectivity index (χ0n) is 11.1. The van der Waals surface area contributed by atoms with E-state index in [1.54, 1.807) is 0 Å². The number of halogens is 4. The number of carbonyl (C=O) groups excluding carboxylic acids is 1. The second kappa shape index (κ2) is 6.81. The second-order valence-corrected chi connectivity index (χ2v) is 4.95. The minimum atomic E-state index is -1.61. The summed E-state index contributed by atoms with van der Waals surface area (Å²) < 4.78 is 39.4. The molecule has 0 aliphatic rings. The molecular weight excluding hydrogens is 319 g/mol. The summed E-state index contributed by atoms with van der Waals surface area (Å²) in [6, 6.07) is 6.29. The van der Waals surface area contributed by atoms with E-state index < -0.39 is 36.0 Å². The highest BCUT2D eigenvalue weighted by Crippen LogP contribution is 2.20. The fraction of sp³-hybridized carbons (Fsp3) is 0.133. The predicted octanol–water partition coefficient (Wildman–Crippen LogP) is 3.22. The van der Waals surface area contributed by atoms with Crippen LogP contribution in [0.2, 0.25) is 5.02 Å². The van der Waals surface area contributed by atoms with Gasteiger partial charge in [0.2, 0.25) is 0 Å². The van der Waals surface area contributed by atoms with Crippen LogP contribution in [0.25, 0.3) is 0 Å². The summed E-state index contributed by atoms with van der Waals surface area (Å²) in [5.74, 6) is -4.96. The first-order chi connectivity index (χ1) is 10.4. The van der Waals surface area contributed by atoms with Crippen molar-refractivity contribution in [2.75, 3.05) is 6.61 Å². The van der Waals surface area contributed by atoms with Gasteiger partial charge in [-0.15, -0.1) is 0 Å². The number of amides is 1. The van der Waals surface area contributed by atoms with Gasteiger partial charge in [-0.3, -0.25) is 4.79 Å². The average molecular weight is 330 g/mol. The molecule has 1 amide bonds. The van der Waals surface area contributed by atoms with Crippen molar-refractivity contribution < 1.29 is 23.1 Å². The zero-order valence-corrected chi connectivity index (χ0v) is 11.9. The Bertz CT molecular complexity index is 669. The van der Waals surface area contributed by atoms with Crippen LogP contribution in [0.4, 0.5) is 13.2 Å². The van der Waals surface area contributed by atoms with Crippen molar-refractivity contribution in [3.8, 4) is 0 Å². The molecule has 2 rings (SSSR count). The van der Waals surface area contributed by atoms with Crippen molar-refractivity contribution in [2.24, 2.45) is 0 Å². The Morgan fingerprint density at radius 2 is 1.68 bits per heavy atom.